The Bertz CT molecular complexity index is 385. The summed E-state index contributed by atoms with van der Waals surface area (Å²) in [6, 6.07) is 1.95. The fraction of sp³-hybridized carbons (Fsp3) is 0.733. The number of aromatic nitrogens is 2. The lowest BCUT2D eigenvalue weighted by atomic mass is 9.88. The van der Waals surface area contributed by atoms with Crippen LogP contribution in [0.25, 0.3) is 0 Å². The maximum absolute atomic E-state index is 5.55. The molecule has 0 saturated carbocycles. The topological polar surface area (TPSA) is 47.0 Å². The van der Waals surface area contributed by atoms with Crippen LogP contribution in [0.4, 0.5) is 0 Å². The van der Waals surface area contributed by atoms with E-state index in [0.29, 0.717) is 5.92 Å². The second-order valence-corrected chi connectivity index (χ2v) is 6.41. The monoisotopic (exact) mass is 265 g/mol. The molecule has 0 aliphatic carbocycles. The van der Waals surface area contributed by atoms with Crippen LogP contribution in [-0.2, 0) is 11.3 Å². The minimum absolute atomic E-state index is 0.0151. The Labute approximate surface area is 117 Å². The van der Waals surface area contributed by atoms with Crippen LogP contribution in [0.5, 0.6) is 0 Å². The number of ether oxygens (including phenoxy) is 1. The largest absolute Gasteiger partial charge is 0.373 e. The lowest BCUT2D eigenvalue weighted by Gasteiger charge is -2.28. The van der Waals surface area contributed by atoms with Crippen LogP contribution in [0.2, 0.25) is 0 Å². The van der Waals surface area contributed by atoms with Crippen LogP contribution >= 0.6 is 0 Å². The Morgan fingerprint density at radius 2 is 2.00 bits per heavy atom. The molecule has 0 aliphatic rings. The van der Waals surface area contributed by atoms with Gasteiger partial charge in [-0.25, -0.2) is 9.97 Å². The van der Waals surface area contributed by atoms with Crippen LogP contribution in [0.1, 0.15) is 52.2 Å². The van der Waals surface area contributed by atoms with Gasteiger partial charge in [0.1, 0.15) is 6.10 Å². The van der Waals surface area contributed by atoms with Crippen LogP contribution in [-0.4, -0.2) is 23.6 Å². The molecule has 0 aliphatic heterocycles. The number of nitrogens with zero attached hydrogens (tertiary/aromatic N) is 2. The summed E-state index contributed by atoms with van der Waals surface area (Å²) < 4.78 is 5.55. The smallest absolute Gasteiger partial charge is 0.157 e. The van der Waals surface area contributed by atoms with Crippen molar-refractivity contribution in [2.45, 2.75) is 47.3 Å². The number of methoxy groups -OCH3 is 1. The second-order valence-electron chi connectivity index (χ2n) is 6.41. The number of nitrogens with one attached hydrogen (secondary N) is 1. The quantitative estimate of drug-likeness (QED) is 0.859. The molecule has 1 unspecified atom stereocenters. The molecule has 0 amide bonds. The molecule has 1 heterocycles. The molecule has 0 aromatic carbocycles. The summed E-state index contributed by atoms with van der Waals surface area (Å²) >= 11 is 0. The zero-order valence-electron chi connectivity index (χ0n) is 13.0. The molecule has 0 bridgehead atoms. The number of rotatable bonds is 6. The molecule has 1 atom stereocenters. The minimum Gasteiger partial charge on any atom is -0.373 e. The van der Waals surface area contributed by atoms with Gasteiger partial charge in [-0.05, 0) is 23.9 Å². The van der Waals surface area contributed by atoms with Crippen molar-refractivity contribution in [2.75, 3.05) is 13.7 Å². The highest BCUT2D eigenvalue weighted by molar-refractivity contribution is 5.06. The van der Waals surface area contributed by atoms with Gasteiger partial charge in [-0.3, -0.25) is 0 Å². The normalized spacial score (nSPS) is 13.8. The third-order valence-electron chi connectivity index (χ3n) is 2.85. The zero-order chi connectivity index (χ0) is 14.5. The fourth-order valence-electron chi connectivity index (χ4n) is 1.97. The maximum Gasteiger partial charge on any atom is 0.157 e. The van der Waals surface area contributed by atoms with E-state index in [2.05, 4.69) is 49.9 Å². The predicted octanol–water partition coefficient (Wildman–Crippen LogP) is 2.96. The van der Waals surface area contributed by atoms with E-state index in [1.54, 1.807) is 7.11 Å². The first-order valence-electron chi connectivity index (χ1n) is 6.90. The number of hydrogen-bond donors (Lipinski definition) is 1. The molecule has 1 rings (SSSR count). The van der Waals surface area contributed by atoms with E-state index in [1.807, 2.05) is 12.3 Å². The van der Waals surface area contributed by atoms with Crippen molar-refractivity contribution in [3.63, 3.8) is 0 Å². The molecule has 4 nitrogen and oxygen atoms in total. The van der Waals surface area contributed by atoms with Gasteiger partial charge < -0.3 is 10.1 Å². The van der Waals surface area contributed by atoms with Crippen molar-refractivity contribution in [3.05, 3.63) is 23.8 Å². The van der Waals surface area contributed by atoms with Gasteiger partial charge in [0.2, 0.25) is 0 Å². The Balaban J connectivity index is 2.76. The van der Waals surface area contributed by atoms with Gasteiger partial charge in [-0.15, -0.1) is 0 Å². The number of hydrogen-bond acceptors (Lipinski definition) is 4. The molecular weight excluding hydrogens is 238 g/mol. The van der Waals surface area contributed by atoms with Crippen molar-refractivity contribution in [1.29, 1.82) is 0 Å². The van der Waals surface area contributed by atoms with Gasteiger partial charge in [0.05, 0.1) is 5.69 Å². The first-order valence-corrected chi connectivity index (χ1v) is 6.90. The van der Waals surface area contributed by atoms with E-state index in [1.165, 1.54) is 0 Å². The van der Waals surface area contributed by atoms with Gasteiger partial charge in [-0.2, -0.15) is 0 Å². The summed E-state index contributed by atoms with van der Waals surface area (Å²) in [5, 5.41) is 3.39. The lowest BCUT2D eigenvalue weighted by Crippen LogP contribution is -2.24. The fourth-order valence-corrected chi connectivity index (χ4v) is 1.97. The van der Waals surface area contributed by atoms with E-state index in [9.17, 15) is 0 Å². The van der Waals surface area contributed by atoms with Crippen molar-refractivity contribution >= 4 is 0 Å². The zero-order valence-corrected chi connectivity index (χ0v) is 13.0. The molecule has 0 fully saturated rings. The molecule has 108 valence electrons. The van der Waals surface area contributed by atoms with E-state index < -0.39 is 0 Å². The van der Waals surface area contributed by atoms with Crippen LogP contribution in [0.3, 0.4) is 0 Å². The molecule has 1 aromatic rings. The van der Waals surface area contributed by atoms with Crippen molar-refractivity contribution < 1.29 is 4.74 Å². The Hall–Kier alpha value is -1.00. The Morgan fingerprint density at radius 3 is 2.53 bits per heavy atom. The molecule has 0 spiro atoms. The first kappa shape index (κ1) is 16.1. The standard InChI is InChI=1S/C15H27N3O/c1-11(2)9-16-10-12-7-8-17-14(18-12)13(19-6)15(3,4)5/h7-8,11,13,16H,9-10H2,1-6H3. The molecule has 1 aromatic heterocycles. The third-order valence-corrected chi connectivity index (χ3v) is 2.85. The van der Waals surface area contributed by atoms with Crippen molar-refractivity contribution in [1.82, 2.24) is 15.3 Å². The SMILES string of the molecule is COC(c1nccc(CNCC(C)C)n1)C(C)(C)C. The molecule has 4 heteroatoms. The van der Waals surface area contributed by atoms with E-state index >= 15 is 0 Å². The summed E-state index contributed by atoms with van der Waals surface area (Å²) in [6.07, 6.45) is 1.73. The summed E-state index contributed by atoms with van der Waals surface area (Å²) in [5.41, 5.74) is 0.996. The van der Waals surface area contributed by atoms with Gasteiger partial charge >= 0.3 is 0 Å². The van der Waals surface area contributed by atoms with E-state index in [-0.39, 0.29) is 11.5 Å². The summed E-state index contributed by atoms with van der Waals surface area (Å²) in [4.78, 5) is 8.96. The maximum atomic E-state index is 5.55. The summed E-state index contributed by atoms with van der Waals surface area (Å²) in [5.74, 6) is 1.40. The lowest BCUT2D eigenvalue weighted by molar-refractivity contribution is 0.00848. The van der Waals surface area contributed by atoms with Crippen LogP contribution < -0.4 is 5.32 Å². The average molecular weight is 265 g/mol. The van der Waals surface area contributed by atoms with Gasteiger partial charge in [-0.1, -0.05) is 34.6 Å². The molecule has 0 saturated heterocycles. The molecule has 19 heavy (non-hydrogen) atoms. The second kappa shape index (κ2) is 6.96. The van der Waals surface area contributed by atoms with E-state index in [0.717, 1.165) is 24.6 Å². The Kier molecular flexibility index (Phi) is 5.88. The van der Waals surface area contributed by atoms with Crippen molar-refractivity contribution in [2.24, 2.45) is 11.3 Å². The van der Waals surface area contributed by atoms with Gasteiger partial charge in [0.25, 0.3) is 0 Å². The Morgan fingerprint density at radius 1 is 1.32 bits per heavy atom. The highest BCUT2D eigenvalue weighted by atomic mass is 16.5. The first-order chi connectivity index (χ1) is 8.84. The van der Waals surface area contributed by atoms with Gasteiger partial charge in [0.15, 0.2) is 5.82 Å². The summed E-state index contributed by atoms with van der Waals surface area (Å²) in [6.45, 7) is 12.6. The predicted molar refractivity (Wildman–Crippen MR) is 77.8 cm³/mol. The highest BCUT2D eigenvalue weighted by Crippen LogP contribution is 2.33. The van der Waals surface area contributed by atoms with Crippen LogP contribution in [0, 0.1) is 11.3 Å². The highest BCUT2D eigenvalue weighted by Gasteiger charge is 2.28. The van der Waals surface area contributed by atoms with Crippen molar-refractivity contribution in [3.8, 4) is 0 Å². The third kappa shape index (κ3) is 5.25. The average Bonchev–Trinajstić information content (AvgIpc) is 2.28. The molecule has 0 radical (unpaired) electrons. The summed E-state index contributed by atoms with van der Waals surface area (Å²) in [7, 11) is 1.71. The van der Waals surface area contributed by atoms with Gasteiger partial charge in [0, 0.05) is 19.9 Å². The van der Waals surface area contributed by atoms with E-state index in [4.69, 9.17) is 4.74 Å². The molecular formula is C15H27N3O. The van der Waals surface area contributed by atoms with Crippen LogP contribution in [0.15, 0.2) is 12.3 Å². The molecule has 1 N–H and O–H groups in total. The minimum atomic E-state index is -0.0856.